The summed E-state index contributed by atoms with van der Waals surface area (Å²) in [6, 6.07) is 7.31. The molecule has 0 saturated heterocycles. The van der Waals surface area contributed by atoms with E-state index in [2.05, 4.69) is 5.32 Å². The first-order chi connectivity index (χ1) is 8.54. The van der Waals surface area contributed by atoms with Crippen molar-refractivity contribution in [1.82, 2.24) is 5.32 Å². The average molecular weight is 291 g/mol. The van der Waals surface area contributed by atoms with Gasteiger partial charge in [-0.1, -0.05) is 12.1 Å². The van der Waals surface area contributed by atoms with Crippen molar-refractivity contribution in [2.75, 3.05) is 6.54 Å². The summed E-state index contributed by atoms with van der Waals surface area (Å²) in [7, 11) is 0. The number of thiophene rings is 2. The Morgan fingerprint density at radius 1 is 1.11 bits per heavy atom. The maximum atomic E-state index is 12.3. The third kappa shape index (κ3) is 4.12. The average Bonchev–Trinajstić information content (AvgIpc) is 2.95. The van der Waals surface area contributed by atoms with Gasteiger partial charge in [-0.3, -0.25) is 0 Å². The lowest BCUT2D eigenvalue weighted by atomic mass is 10.1. The van der Waals surface area contributed by atoms with E-state index in [-0.39, 0.29) is 6.04 Å². The van der Waals surface area contributed by atoms with Crippen LogP contribution in [0.1, 0.15) is 15.8 Å². The van der Waals surface area contributed by atoms with E-state index >= 15 is 0 Å². The summed E-state index contributed by atoms with van der Waals surface area (Å²) in [6.07, 6.45) is -3.58. The summed E-state index contributed by atoms with van der Waals surface area (Å²) < 4.78 is 36.8. The van der Waals surface area contributed by atoms with Crippen molar-refractivity contribution in [2.45, 2.75) is 18.6 Å². The highest BCUT2D eigenvalue weighted by molar-refractivity contribution is 7.10. The number of rotatable bonds is 5. The molecule has 2 heterocycles. The molecule has 1 nitrogen and oxygen atoms in total. The fourth-order valence-corrected chi connectivity index (χ4v) is 3.19. The molecule has 0 fully saturated rings. The first-order valence-electron chi connectivity index (χ1n) is 5.40. The van der Waals surface area contributed by atoms with Crippen molar-refractivity contribution < 1.29 is 13.2 Å². The molecule has 1 N–H and O–H groups in total. The van der Waals surface area contributed by atoms with Gasteiger partial charge in [-0.05, 0) is 22.9 Å². The Kier molecular flexibility index (Phi) is 4.42. The minimum Gasteiger partial charge on any atom is -0.301 e. The molecule has 0 aliphatic carbocycles. The van der Waals surface area contributed by atoms with Gasteiger partial charge in [0, 0.05) is 22.2 Å². The Bertz CT molecular complexity index is 448. The molecule has 98 valence electrons. The highest BCUT2D eigenvalue weighted by Crippen LogP contribution is 2.26. The van der Waals surface area contributed by atoms with Crippen LogP contribution in [-0.4, -0.2) is 12.7 Å². The van der Waals surface area contributed by atoms with Gasteiger partial charge in [-0.15, -0.1) is 22.7 Å². The summed E-state index contributed by atoms with van der Waals surface area (Å²) in [4.78, 5) is 2.02. The largest absolute Gasteiger partial charge is 0.401 e. The lowest BCUT2D eigenvalue weighted by Crippen LogP contribution is -2.32. The molecular formula is C12H12F3NS2. The van der Waals surface area contributed by atoms with Gasteiger partial charge in [0.25, 0.3) is 0 Å². The van der Waals surface area contributed by atoms with Crippen LogP contribution in [0.15, 0.2) is 35.0 Å². The number of hydrogen-bond donors (Lipinski definition) is 1. The predicted molar refractivity (Wildman–Crippen MR) is 69.1 cm³/mol. The Balaban J connectivity index is 2.04. The minimum atomic E-state index is -4.18. The van der Waals surface area contributed by atoms with Crippen molar-refractivity contribution in [3.63, 3.8) is 0 Å². The molecule has 2 aromatic rings. The van der Waals surface area contributed by atoms with Gasteiger partial charge in [-0.2, -0.15) is 13.2 Å². The Hall–Kier alpha value is -0.850. The molecule has 0 amide bonds. The van der Waals surface area contributed by atoms with Crippen LogP contribution < -0.4 is 5.32 Å². The summed E-state index contributed by atoms with van der Waals surface area (Å²) in [6.45, 7) is -0.957. The van der Waals surface area contributed by atoms with Gasteiger partial charge in [-0.25, -0.2) is 0 Å². The third-order valence-electron chi connectivity index (χ3n) is 2.42. The molecule has 0 saturated carbocycles. The Morgan fingerprint density at radius 3 is 2.39 bits per heavy atom. The fourth-order valence-electron chi connectivity index (χ4n) is 1.63. The maximum Gasteiger partial charge on any atom is 0.401 e. The highest BCUT2D eigenvalue weighted by Gasteiger charge is 2.28. The molecular weight excluding hydrogens is 279 g/mol. The summed E-state index contributed by atoms with van der Waals surface area (Å²) >= 11 is 3.04. The maximum absolute atomic E-state index is 12.3. The van der Waals surface area contributed by atoms with Gasteiger partial charge < -0.3 is 5.32 Å². The zero-order valence-electron chi connectivity index (χ0n) is 9.41. The molecule has 0 spiro atoms. The van der Waals surface area contributed by atoms with Crippen LogP contribution in [0.2, 0.25) is 0 Å². The van der Waals surface area contributed by atoms with Crippen LogP contribution >= 0.6 is 22.7 Å². The molecule has 0 aliphatic rings. The predicted octanol–water partition coefficient (Wildman–Crippen LogP) is 4.25. The third-order valence-corrected chi connectivity index (χ3v) is 4.31. The van der Waals surface area contributed by atoms with Gasteiger partial charge in [0.1, 0.15) is 0 Å². The van der Waals surface area contributed by atoms with E-state index in [1.54, 1.807) is 11.3 Å². The molecule has 2 rings (SSSR count). The zero-order valence-corrected chi connectivity index (χ0v) is 11.0. The van der Waals surface area contributed by atoms with Crippen molar-refractivity contribution in [1.29, 1.82) is 0 Å². The monoisotopic (exact) mass is 291 g/mol. The second-order valence-electron chi connectivity index (χ2n) is 3.85. The van der Waals surface area contributed by atoms with Crippen LogP contribution in [0.4, 0.5) is 13.2 Å². The Morgan fingerprint density at radius 2 is 1.83 bits per heavy atom. The van der Waals surface area contributed by atoms with E-state index in [9.17, 15) is 13.2 Å². The minimum absolute atomic E-state index is 0.273. The van der Waals surface area contributed by atoms with Crippen molar-refractivity contribution in [3.8, 4) is 0 Å². The smallest absolute Gasteiger partial charge is 0.301 e. The van der Waals surface area contributed by atoms with E-state index in [0.29, 0.717) is 6.42 Å². The number of halogens is 3. The first-order valence-corrected chi connectivity index (χ1v) is 7.16. The van der Waals surface area contributed by atoms with E-state index in [4.69, 9.17) is 0 Å². The van der Waals surface area contributed by atoms with Crippen molar-refractivity contribution in [3.05, 3.63) is 44.8 Å². The second kappa shape index (κ2) is 5.86. The van der Waals surface area contributed by atoms with Gasteiger partial charge in [0.15, 0.2) is 0 Å². The van der Waals surface area contributed by atoms with Crippen molar-refractivity contribution in [2.24, 2.45) is 0 Å². The van der Waals surface area contributed by atoms with E-state index < -0.39 is 12.7 Å². The standard InChI is InChI=1S/C12H12F3NS2/c13-12(14,15)8-16-10(11-4-2-6-18-11)7-9-3-1-5-17-9/h1-6,10,16H,7-8H2. The van der Waals surface area contributed by atoms with Gasteiger partial charge >= 0.3 is 6.18 Å². The molecule has 18 heavy (non-hydrogen) atoms. The normalized spacial score (nSPS) is 13.7. The molecule has 0 aliphatic heterocycles. The second-order valence-corrected chi connectivity index (χ2v) is 5.86. The van der Waals surface area contributed by atoms with Crippen LogP contribution in [0, 0.1) is 0 Å². The summed E-state index contributed by atoms with van der Waals surface area (Å²) in [5.74, 6) is 0. The molecule has 0 bridgehead atoms. The topological polar surface area (TPSA) is 12.0 Å². The summed E-state index contributed by atoms with van der Waals surface area (Å²) in [5.41, 5.74) is 0. The first kappa shape index (κ1) is 13.6. The lowest BCUT2D eigenvalue weighted by Gasteiger charge is -2.18. The van der Waals surface area contributed by atoms with Gasteiger partial charge in [0.05, 0.1) is 6.54 Å². The molecule has 0 radical (unpaired) electrons. The quantitative estimate of drug-likeness (QED) is 0.868. The molecule has 2 aromatic heterocycles. The SMILES string of the molecule is FC(F)(F)CNC(Cc1cccs1)c1cccs1. The number of hydrogen-bond acceptors (Lipinski definition) is 3. The van der Waals surface area contributed by atoms with Gasteiger partial charge in [0.2, 0.25) is 0 Å². The lowest BCUT2D eigenvalue weighted by molar-refractivity contribution is -0.126. The van der Waals surface area contributed by atoms with Crippen LogP contribution in [0.5, 0.6) is 0 Å². The van der Waals surface area contributed by atoms with Crippen LogP contribution in [0.3, 0.4) is 0 Å². The number of nitrogens with one attached hydrogen (secondary N) is 1. The van der Waals surface area contributed by atoms with E-state index in [1.807, 2.05) is 35.0 Å². The number of alkyl halides is 3. The van der Waals surface area contributed by atoms with E-state index in [0.717, 1.165) is 9.75 Å². The molecule has 6 heteroatoms. The molecule has 0 aromatic carbocycles. The van der Waals surface area contributed by atoms with Crippen LogP contribution in [-0.2, 0) is 6.42 Å². The molecule has 1 unspecified atom stereocenters. The van der Waals surface area contributed by atoms with Crippen LogP contribution in [0.25, 0.3) is 0 Å². The molecule has 1 atom stereocenters. The zero-order chi connectivity index (χ0) is 13.0. The fraction of sp³-hybridized carbons (Fsp3) is 0.333. The van der Waals surface area contributed by atoms with Crippen molar-refractivity contribution >= 4 is 22.7 Å². The Labute approximate surface area is 111 Å². The summed E-state index contributed by atoms with van der Waals surface area (Å²) in [5, 5.41) is 6.41. The van der Waals surface area contributed by atoms with E-state index in [1.165, 1.54) is 11.3 Å². The highest BCUT2D eigenvalue weighted by atomic mass is 32.1.